The molecule has 104 valence electrons. The van der Waals surface area contributed by atoms with Gasteiger partial charge in [-0.15, -0.1) is 0 Å². The maximum absolute atomic E-state index is 10.7. The van der Waals surface area contributed by atoms with Crippen molar-refractivity contribution >= 4 is 34.6 Å². The maximum Gasteiger partial charge on any atom is 0.272 e. The van der Waals surface area contributed by atoms with Gasteiger partial charge >= 0.3 is 0 Å². The molecule has 0 aliphatic heterocycles. The fraction of sp³-hybridized carbons (Fsp3) is 0.500. The number of hydrogen-bond acceptors (Lipinski definition) is 4. The summed E-state index contributed by atoms with van der Waals surface area (Å²) >= 11 is 12.1. The SMILES string of the molecule is COC1CCCC1Nc1c(Cl)cc([N+](=O)[O-])cc1Cl. The Balaban J connectivity index is 2.23. The molecule has 1 fully saturated rings. The van der Waals surface area contributed by atoms with Crippen LogP contribution in [0.4, 0.5) is 11.4 Å². The lowest BCUT2D eigenvalue weighted by atomic mass is 10.2. The first-order chi connectivity index (χ1) is 9.02. The summed E-state index contributed by atoms with van der Waals surface area (Å²) in [6.45, 7) is 0. The van der Waals surface area contributed by atoms with Crippen LogP contribution in [0.1, 0.15) is 19.3 Å². The van der Waals surface area contributed by atoms with Gasteiger partial charge < -0.3 is 10.1 Å². The molecule has 0 saturated heterocycles. The van der Waals surface area contributed by atoms with Crippen LogP contribution in [0.2, 0.25) is 10.0 Å². The van der Waals surface area contributed by atoms with E-state index in [2.05, 4.69) is 5.32 Å². The predicted molar refractivity (Wildman–Crippen MR) is 75.2 cm³/mol. The van der Waals surface area contributed by atoms with Gasteiger partial charge in [0.05, 0.1) is 32.8 Å². The molecule has 1 N–H and O–H groups in total. The molecule has 0 aromatic heterocycles. The van der Waals surface area contributed by atoms with Crippen LogP contribution in [0.25, 0.3) is 0 Å². The Morgan fingerprint density at radius 1 is 1.37 bits per heavy atom. The molecule has 5 nitrogen and oxygen atoms in total. The Morgan fingerprint density at radius 2 is 2.00 bits per heavy atom. The zero-order chi connectivity index (χ0) is 14.0. The maximum atomic E-state index is 10.7. The smallest absolute Gasteiger partial charge is 0.272 e. The van der Waals surface area contributed by atoms with E-state index in [0.717, 1.165) is 19.3 Å². The quantitative estimate of drug-likeness (QED) is 0.677. The van der Waals surface area contributed by atoms with Crippen LogP contribution >= 0.6 is 23.2 Å². The third-order valence-corrected chi connectivity index (χ3v) is 3.92. The van der Waals surface area contributed by atoms with Crippen molar-refractivity contribution in [3.63, 3.8) is 0 Å². The Morgan fingerprint density at radius 3 is 2.53 bits per heavy atom. The summed E-state index contributed by atoms with van der Waals surface area (Å²) in [7, 11) is 1.67. The van der Waals surface area contributed by atoms with E-state index in [-0.39, 0.29) is 27.9 Å². The van der Waals surface area contributed by atoms with E-state index in [0.29, 0.717) is 5.69 Å². The van der Waals surface area contributed by atoms with Gasteiger partial charge in [-0.2, -0.15) is 0 Å². The van der Waals surface area contributed by atoms with Gasteiger partial charge in [0.1, 0.15) is 0 Å². The molecule has 0 spiro atoms. The molecular formula is C12H14Cl2N2O3. The molecule has 1 saturated carbocycles. The average molecular weight is 305 g/mol. The Labute approximate surface area is 121 Å². The first-order valence-electron chi connectivity index (χ1n) is 5.95. The van der Waals surface area contributed by atoms with Gasteiger partial charge in [0.2, 0.25) is 0 Å². The summed E-state index contributed by atoms with van der Waals surface area (Å²) < 4.78 is 5.38. The van der Waals surface area contributed by atoms with Gasteiger partial charge in [0.15, 0.2) is 0 Å². The number of methoxy groups -OCH3 is 1. The van der Waals surface area contributed by atoms with Gasteiger partial charge in [-0.3, -0.25) is 10.1 Å². The van der Waals surface area contributed by atoms with E-state index < -0.39 is 4.92 Å². The summed E-state index contributed by atoms with van der Waals surface area (Å²) in [5, 5.41) is 14.4. The molecule has 1 aliphatic carbocycles. The average Bonchev–Trinajstić information content (AvgIpc) is 2.80. The van der Waals surface area contributed by atoms with Crippen LogP contribution in [0.3, 0.4) is 0 Å². The number of nitrogens with zero attached hydrogens (tertiary/aromatic N) is 1. The first kappa shape index (κ1) is 14.4. The van der Waals surface area contributed by atoms with Gasteiger partial charge in [0, 0.05) is 19.2 Å². The highest BCUT2D eigenvalue weighted by molar-refractivity contribution is 6.39. The molecule has 1 aromatic carbocycles. The number of anilines is 1. The second-order valence-corrected chi connectivity index (χ2v) is 5.31. The molecule has 2 rings (SSSR count). The van der Waals surface area contributed by atoms with Crippen molar-refractivity contribution in [1.82, 2.24) is 0 Å². The van der Waals surface area contributed by atoms with E-state index in [4.69, 9.17) is 27.9 Å². The molecule has 0 heterocycles. The number of hydrogen-bond donors (Lipinski definition) is 1. The van der Waals surface area contributed by atoms with Crippen LogP contribution in [-0.4, -0.2) is 24.2 Å². The number of non-ortho nitro benzene ring substituents is 1. The molecule has 0 amide bonds. The minimum absolute atomic E-state index is 0.113. The molecule has 2 atom stereocenters. The molecule has 7 heteroatoms. The lowest BCUT2D eigenvalue weighted by Gasteiger charge is -2.22. The number of nitro groups is 1. The molecule has 1 aliphatic rings. The van der Waals surface area contributed by atoms with Crippen LogP contribution in [0, 0.1) is 10.1 Å². The van der Waals surface area contributed by atoms with Crippen molar-refractivity contribution in [2.24, 2.45) is 0 Å². The summed E-state index contributed by atoms with van der Waals surface area (Å²) in [6, 6.07) is 2.72. The van der Waals surface area contributed by atoms with E-state index in [1.807, 2.05) is 0 Å². The van der Waals surface area contributed by atoms with Crippen molar-refractivity contribution in [1.29, 1.82) is 0 Å². The molecular weight excluding hydrogens is 291 g/mol. The number of ether oxygens (including phenoxy) is 1. The summed E-state index contributed by atoms with van der Waals surface area (Å²) in [5.41, 5.74) is 0.415. The van der Waals surface area contributed by atoms with Crippen molar-refractivity contribution in [3.8, 4) is 0 Å². The zero-order valence-electron chi connectivity index (χ0n) is 10.4. The second kappa shape index (κ2) is 5.94. The van der Waals surface area contributed by atoms with Gasteiger partial charge in [0.25, 0.3) is 5.69 Å². The highest BCUT2D eigenvalue weighted by atomic mass is 35.5. The molecule has 0 bridgehead atoms. The number of nitro benzene ring substituents is 1. The zero-order valence-corrected chi connectivity index (χ0v) is 11.9. The minimum atomic E-state index is -0.519. The monoisotopic (exact) mass is 304 g/mol. The third-order valence-electron chi connectivity index (χ3n) is 3.32. The highest BCUT2D eigenvalue weighted by Crippen LogP contribution is 2.37. The fourth-order valence-corrected chi connectivity index (χ4v) is 2.95. The van der Waals surface area contributed by atoms with Gasteiger partial charge in [-0.05, 0) is 19.3 Å². The normalized spacial score (nSPS) is 22.5. The minimum Gasteiger partial charge on any atom is -0.379 e. The molecule has 2 unspecified atom stereocenters. The predicted octanol–water partition coefficient (Wildman–Crippen LogP) is 3.88. The standard InChI is InChI=1S/C12H14Cl2N2O3/c1-19-11-4-2-3-10(11)15-12-8(13)5-7(16(17)18)6-9(12)14/h5-6,10-11,15H,2-4H2,1H3. The topological polar surface area (TPSA) is 64.4 Å². The van der Waals surface area contributed by atoms with E-state index in [1.54, 1.807) is 7.11 Å². The van der Waals surface area contributed by atoms with E-state index in [1.165, 1.54) is 12.1 Å². The Kier molecular flexibility index (Phi) is 4.50. The Hall–Kier alpha value is -1.04. The number of halogens is 2. The van der Waals surface area contributed by atoms with Crippen molar-refractivity contribution in [2.75, 3.05) is 12.4 Å². The van der Waals surface area contributed by atoms with E-state index >= 15 is 0 Å². The van der Waals surface area contributed by atoms with E-state index in [9.17, 15) is 10.1 Å². The van der Waals surface area contributed by atoms with Crippen molar-refractivity contribution in [3.05, 3.63) is 32.3 Å². The Bertz CT molecular complexity index is 473. The fourth-order valence-electron chi connectivity index (χ4n) is 2.36. The van der Waals surface area contributed by atoms with Crippen molar-refractivity contribution in [2.45, 2.75) is 31.4 Å². The first-order valence-corrected chi connectivity index (χ1v) is 6.71. The largest absolute Gasteiger partial charge is 0.379 e. The molecule has 0 radical (unpaired) electrons. The van der Waals surface area contributed by atoms with Crippen LogP contribution in [0.5, 0.6) is 0 Å². The molecule has 1 aromatic rings. The van der Waals surface area contributed by atoms with Crippen molar-refractivity contribution < 1.29 is 9.66 Å². The van der Waals surface area contributed by atoms with Crippen LogP contribution < -0.4 is 5.32 Å². The van der Waals surface area contributed by atoms with Gasteiger partial charge in [-0.25, -0.2) is 0 Å². The molecule has 19 heavy (non-hydrogen) atoms. The number of nitrogens with one attached hydrogen (secondary N) is 1. The summed E-state index contributed by atoms with van der Waals surface area (Å²) in [4.78, 5) is 10.2. The summed E-state index contributed by atoms with van der Waals surface area (Å²) in [6.07, 6.45) is 3.12. The third kappa shape index (κ3) is 3.11. The van der Waals surface area contributed by atoms with Gasteiger partial charge in [-0.1, -0.05) is 23.2 Å². The number of rotatable bonds is 4. The number of benzene rings is 1. The van der Waals surface area contributed by atoms with Crippen LogP contribution in [-0.2, 0) is 4.74 Å². The lowest BCUT2D eigenvalue weighted by molar-refractivity contribution is -0.384. The van der Waals surface area contributed by atoms with Crippen LogP contribution in [0.15, 0.2) is 12.1 Å². The second-order valence-electron chi connectivity index (χ2n) is 4.50. The summed E-state index contributed by atoms with van der Waals surface area (Å²) in [5.74, 6) is 0. The lowest BCUT2D eigenvalue weighted by Crippen LogP contribution is -2.29. The highest BCUT2D eigenvalue weighted by Gasteiger charge is 2.28.